The number of halogens is 1. The summed E-state index contributed by atoms with van der Waals surface area (Å²) in [5.74, 6) is -0.447. The van der Waals surface area contributed by atoms with Gasteiger partial charge in [-0.15, -0.1) is 0 Å². The number of pyridine rings is 1. The number of aliphatic hydroxyl groups is 1. The molecule has 0 saturated heterocycles. The Morgan fingerprint density at radius 3 is 2.83 bits per heavy atom. The van der Waals surface area contributed by atoms with Crippen LogP contribution in [0.4, 0.5) is 4.39 Å². The first-order chi connectivity index (χ1) is 8.72. The lowest BCUT2D eigenvalue weighted by atomic mass is 9.75. The first-order valence-electron chi connectivity index (χ1n) is 6.12. The number of fused-ring (bicyclic) bond motifs is 1. The Labute approximate surface area is 105 Å². The Bertz CT molecular complexity index is 584. The van der Waals surface area contributed by atoms with Crippen LogP contribution in [0.15, 0.2) is 42.7 Å². The number of hydrogen-bond donors (Lipinski definition) is 1. The lowest BCUT2D eigenvalue weighted by Crippen LogP contribution is -2.32. The Morgan fingerprint density at radius 1 is 1.17 bits per heavy atom. The zero-order valence-corrected chi connectivity index (χ0v) is 9.94. The van der Waals surface area contributed by atoms with Gasteiger partial charge in [0.2, 0.25) is 0 Å². The number of aryl methyl sites for hydroxylation is 1. The van der Waals surface area contributed by atoms with Gasteiger partial charge in [-0.05, 0) is 36.5 Å². The van der Waals surface area contributed by atoms with Gasteiger partial charge in [-0.25, -0.2) is 4.39 Å². The molecule has 0 amide bonds. The number of aromatic nitrogens is 1. The third-order valence-corrected chi connectivity index (χ3v) is 3.67. The topological polar surface area (TPSA) is 33.1 Å². The van der Waals surface area contributed by atoms with Gasteiger partial charge in [0.1, 0.15) is 11.4 Å². The Hall–Kier alpha value is -1.74. The van der Waals surface area contributed by atoms with Crippen molar-refractivity contribution >= 4 is 0 Å². The highest BCUT2D eigenvalue weighted by atomic mass is 19.1. The summed E-state index contributed by atoms with van der Waals surface area (Å²) in [5.41, 5.74) is 1.02. The molecule has 18 heavy (non-hydrogen) atoms. The van der Waals surface area contributed by atoms with E-state index in [0.29, 0.717) is 12.0 Å². The molecule has 0 fully saturated rings. The summed E-state index contributed by atoms with van der Waals surface area (Å²) in [4.78, 5) is 3.74. The van der Waals surface area contributed by atoms with E-state index in [4.69, 9.17) is 0 Å². The summed E-state index contributed by atoms with van der Waals surface area (Å²) in [6, 6.07) is 9.28. The highest BCUT2D eigenvalue weighted by Crippen LogP contribution is 2.40. The van der Waals surface area contributed by atoms with Crippen molar-refractivity contribution in [3.05, 3.63) is 65.2 Å². The summed E-state index contributed by atoms with van der Waals surface area (Å²) >= 11 is 0. The van der Waals surface area contributed by atoms with Gasteiger partial charge >= 0.3 is 0 Å². The predicted molar refractivity (Wildman–Crippen MR) is 66.6 cm³/mol. The van der Waals surface area contributed by atoms with Crippen LogP contribution < -0.4 is 0 Å². The van der Waals surface area contributed by atoms with Crippen LogP contribution in [0.25, 0.3) is 0 Å². The molecule has 0 radical (unpaired) electrons. The number of hydrogen-bond acceptors (Lipinski definition) is 2. The Kier molecular flexibility index (Phi) is 2.63. The molecule has 0 spiro atoms. The number of benzene rings is 1. The molecule has 1 N–H and O–H groups in total. The highest BCUT2D eigenvalue weighted by molar-refractivity contribution is 5.42. The molecular formula is C15H14FNO. The zero-order valence-electron chi connectivity index (χ0n) is 9.94. The molecule has 0 aliphatic heterocycles. The number of nitrogens with zero attached hydrogens (tertiary/aromatic N) is 1. The minimum atomic E-state index is -1.22. The van der Waals surface area contributed by atoms with Crippen LogP contribution in [0.3, 0.4) is 0 Å². The normalized spacial score (nSPS) is 22.6. The second-order valence-electron chi connectivity index (χ2n) is 4.73. The third-order valence-electron chi connectivity index (χ3n) is 3.67. The number of rotatable bonds is 1. The molecule has 1 heterocycles. The van der Waals surface area contributed by atoms with Crippen molar-refractivity contribution in [3.8, 4) is 0 Å². The fraction of sp³-hybridized carbons (Fsp3) is 0.267. The first-order valence-corrected chi connectivity index (χ1v) is 6.12. The second kappa shape index (κ2) is 4.18. The molecule has 92 valence electrons. The Balaban J connectivity index is 2.20. The second-order valence-corrected chi connectivity index (χ2v) is 4.73. The van der Waals surface area contributed by atoms with Crippen LogP contribution in [0.2, 0.25) is 0 Å². The van der Waals surface area contributed by atoms with Gasteiger partial charge in [0.05, 0.1) is 6.20 Å². The maximum Gasteiger partial charge on any atom is 0.147 e. The predicted octanol–water partition coefficient (Wildman–Crippen LogP) is 2.79. The molecule has 3 rings (SSSR count). The van der Waals surface area contributed by atoms with E-state index in [9.17, 15) is 9.50 Å². The van der Waals surface area contributed by atoms with E-state index in [2.05, 4.69) is 4.98 Å². The summed E-state index contributed by atoms with van der Waals surface area (Å²) < 4.78 is 13.9. The average molecular weight is 243 g/mol. The minimum Gasteiger partial charge on any atom is -0.380 e. The van der Waals surface area contributed by atoms with Crippen molar-refractivity contribution in [2.24, 2.45) is 0 Å². The van der Waals surface area contributed by atoms with Crippen LogP contribution in [0, 0.1) is 5.82 Å². The van der Waals surface area contributed by atoms with Crippen LogP contribution in [0.1, 0.15) is 29.5 Å². The van der Waals surface area contributed by atoms with Crippen molar-refractivity contribution in [3.63, 3.8) is 0 Å². The largest absolute Gasteiger partial charge is 0.380 e. The van der Waals surface area contributed by atoms with Crippen molar-refractivity contribution in [1.82, 2.24) is 4.98 Å². The fourth-order valence-electron chi connectivity index (χ4n) is 2.80. The van der Waals surface area contributed by atoms with E-state index < -0.39 is 11.4 Å². The molecule has 1 aromatic carbocycles. The van der Waals surface area contributed by atoms with E-state index in [-0.39, 0.29) is 0 Å². The smallest absolute Gasteiger partial charge is 0.147 e. The molecule has 3 heteroatoms. The molecule has 1 unspecified atom stereocenters. The molecular weight excluding hydrogens is 229 g/mol. The molecule has 2 nitrogen and oxygen atoms in total. The summed E-state index contributed by atoms with van der Waals surface area (Å²) in [6.45, 7) is 0. The van der Waals surface area contributed by atoms with Gasteiger partial charge in [-0.3, -0.25) is 4.98 Å². The van der Waals surface area contributed by atoms with Crippen LogP contribution in [0.5, 0.6) is 0 Å². The molecule has 0 saturated carbocycles. The molecule has 1 atom stereocenters. The van der Waals surface area contributed by atoms with Gasteiger partial charge < -0.3 is 5.11 Å². The van der Waals surface area contributed by atoms with Crippen molar-refractivity contribution in [2.45, 2.75) is 24.9 Å². The molecule has 0 bridgehead atoms. The van der Waals surface area contributed by atoms with E-state index in [0.717, 1.165) is 30.2 Å². The average Bonchev–Trinajstić information content (AvgIpc) is 2.40. The molecule has 1 aromatic heterocycles. The standard InChI is InChI=1S/C15H14FNO/c16-14-10-17-9-7-13(14)15(18)8-3-5-11-4-1-2-6-12(11)15/h1-2,4,6-7,9-10,18H,3,5,8H2. The van der Waals surface area contributed by atoms with Crippen LogP contribution in [-0.2, 0) is 12.0 Å². The molecule has 1 aliphatic carbocycles. The van der Waals surface area contributed by atoms with E-state index >= 15 is 0 Å². The summed E-state index contributed by atoms with van der Waals surface area (Å²) in [7, 11) is 0. The molecule has 1 aliphatic rings. The SMILES string of the molecule is OC1(c2ccncc2F)CCCc2ccccc21. The minimum absolute atomic E-state index is 0.324. The van der Waals surface area contributed by atoms with Gasteiger partial charge in [-0.2, -0.15) is 0 Å². The van der Waals surface area contributed by atoms with Crippen molar-refractivity contribution in [2.75, 3.05) is 0 Å². The van der Waals surface area contributed by atoms with Crippen molar-refractivity contribution in [1.29, 1.82) is 0 Å². The van der Waals surface area contributed by atoms with Gasteiger partial charge in [0.25, 0.3) is 0 Å². The van der Waals surface area contributed by atoms with E-state index in [1.54, 1.807) is 6.07 Å². The van der Waals surface area contributed by atoms with Gasteiger partial charge in [0, 0.05) is 11.8 Å². The van der Waals surface area contributed by atoms with Gasteiger partial charge in [-0.1, -0.05) is 24.3 Å². The lowest BCUT2D eigenvalue weighted by molar-refractivity contribution is 0.0577. The van der Waals surface area contributed by atoms with Crippen LogP contribution >= 0.6 is 0 Å². The first kappa shape index (κ1) is 11.4. The molecule has 2 aromatic rings. The van der Waals surface area contributed by atoms with Crippen molar-refractivity contribution < 1.29 is 9.50 Å². The third kappa shape index (κ3) is 1.63. The summed E-state index contributed by atoms with van der Waals surface area (Å²) in [5, 5.41) is 10.9. The monoisotopic (exact) mass is 243 g/mol. The van der Waals surface area contributed by atoms with Crippen LogP contribution in [-0.4, -0.2) is 10.1 Å². The zero-order chi connectivity index (χ0) is 12.6. The maximum absolute atomic E-state index is 13.9. The summed E-state index contributed by atoms with van der Waals surface area (Å²) in [6.07, 6.45) is 5.02. The Morgan fingerprint density at radius 2 is 2.00 bits per heavy atom. The van der Waals surface area contributed by atoms with Gasteiger partial charge in [0.15, 0.2) is 0 Å². The fourth-order valence-corrected chi connectivity index (χ4v) is 2.80. The van der Waals surface area contributed by atoms with E-state index in [1.807, 2.05) is 24.3 Å². The lowest BCUT2D eigenvalue weighted by Gasteiger charge is -2.35. The quantitative estimate of drug-likeness (QED) is 0.835. The van der Waals surface area contributed by atoms with E-state index in [1.165, 1.54) is 6.20 Å². The maximum atomic E-state index is 13.9. The highest BCUT2D eigenvalue weighted by Gasteiger charge is 2.37.